The standard InChI is InChI=1S/C15H14FNO4S/c1-9-6-7-11(15(18)19)8-14(9)22(20,21)17-13-5-3-4-12(16)10(13)2/h3-8,17H,1-2H3,(H,18,19). The number of nitrogens with one attached hydrogen (secondary N) is 1. The van der Waals surface area contributed by atoms with E-state index in [-0.39, 0.29) is 21.7 Å². The van der Waals surface area contributed by atoms with Gasteiger partial charge in [0, 0.05) is 5.56 Å². The van der Waals surface area contributed by atoms with Crippen molar-refractivity contribution in [1.82, 2.24) is 0 Å². The Labute approximate surface area is 127 Å². The summed E-state index contributed by atoms with van der Waals surface area (Å²) in [7, 11) is -4.02. The van der Waals surface area contributed by atoms with E-state index in [1.807, 2.05) is 0 Å². The molecule has 0 aliphatic carbocycles. The number of carboxylic acid groups (broad SMARTS) is 1. The average molecular weight is 323 g/mol. The Hall–Kier alpha value is -2.41. The number of aromatic carboxylic acids is 1. The fourth-order valence-electron chi connectivity index (χ4n) is 1.94. The minimum absolute atomic E-state index is 0.111. The van der Waals surface area contributed by atoms with Gasteiger partial charge >= 0.3 is 5.97 Å². The van der Waals surface area contributed by atoms with Gasteiger partial charge in [0.25, 0.3) is 10.0 Å². The highest BCUT2D eigenvalue weighted by Crippen LogP contribution is 2.24. The summed E-state index contributed by atoms with van der Waals surface area (Å²) in [5.41, 5.74) is 0.534. The third-order valence-corrected chi connectivity index (χ3v) is 4.74. The van der Waals surface area contributed by atoms with Gasteiger partial charge in [0.05, 0.1) is 16.1 Å². The Kier molecular flexibility index (Phi) is 4.18. The van der Waals surface area contributed by atoms with Crippen LogP contribution in [0.1, 0.15) is 21.5 Å². The van der Waals surface area contributed by atoms with Crippen LogP contribution >= 0.6 is 0 Å². The zero-order chi connectivity index (χ0) is 16.5. The largest absolute Gasteiger partial charge is 0.478 e. The van der Waals surface area contributed by atoms with Crippen LogP contribution < -0.4 is 4.72 Å². The van der Waals surface area contributed by atoms with Gasteiger partial charge in [0.2, 0.25) is 0 Å². The molecule has 0 atom stereocenters. The molecule has 0 aliphatic heterocycles. The maximum Gasteiger partial charge on any atom is 0.335 e. The van der Waals surface area contributed by atoms with Gasteiger partial charge in [-0.1, -0.05) is 12.1 Å². The van der Waals surface area contributed by atoms with E-state index in [0.717, 1.165) is 6.07 Å². The van der Waals surface area contributed by atoms with Crippen molar-refractivity contribution in [3.05, 3.63) is 58.9 Å². The van der Waals surface area contributed by atoms with Crippen LogP contribution in [0.4, 0.5) is 10.1 Å². The summed E-state index contributed by atoms with van der Waals surface area (Å²) in [4.78, 5) is 10.8. The first kappa shape index (κ1) is 16.0. The summed E-state index contributed by atoms with van der Waals surface area (Å²) in [5, 5.41) is 8.97. The average Bonchev–Trinajstić information content (AvgIpc) is 2.43. The van der Waals surface area contributed by atoms with Crippen molar-refractivity contribution in [2.45, 2.75) is 18.7 Å². The molecular weight excluding hydrogens is 309 g/mol. The van der Waals surface area contributed by atoms with Gasteiger partial charge in [-0.2, -0.15) is 0 Å². The zero-order valence-corrected chi connectivity index (χ0v) is 12.7. The topological polar surface area (TPSA) is 83.5 Å². The van der Waals surface area contributed by atoms with Gasteiger partial charge in [0.15, 0.2) is 0 Å². The van der Waals surface area contributed by atoms with Crippen molar-refractivity contribution in [3.8, 4) is 0 Å². The molecule has 0 unspecified atom stereocenters. The van der Waals surface area contributed by atoms with Crippen molar-refractivity contribution in [2.75, 3.05) is 4.72 Å². The maximum atomic E-state index is 13.5. The molecule has 0 bridgehead atoms. The minimum Gasteiger partial charge on any atom is -0.478 e. The van der Waals surface area contributed by atoms with Crippen molar-refractivity contribution in [2.24, 2.45) is 0 Å². The Balaban J connectivity index is 2.49. The van der Waals surface area contributed by atoms with Crippen LogP contribution in [0.2, 0.25) is 0 Å². The molecule has 0 fully saturated rings. The van der Waals surface area contributed by atoms with E-state index in [2.05, 4.69) is 4.72 Å². The summed E-state index contributed by atoms with van der Waals surface area (Å²) in [5.74, 6) is -1.76. The number of carboxylic acids is 1. The quantitative estimate of drug-likeness (QED) is 0.906. The summed E-state index contributed by atoms with van der Waals surface area (Å²) < 4.78 is 40.7. The molecule has 0 saturated carbocycles. The second-order valence-electron chi connectivity index (χ2n) is 4.80. The molecule has 0 spiro atoms. The highest BCUT2D eigenvalue weighted by atomic mass is 32.2. The van der Waals surface area contributed by atoms with E-state index in [1.54, 1.807) is 6.92 Å². The van der Waals surface area contributed by atoms with Crippen LogP contribution in [0.5, 0.6) is 0 Å². The first-order chi connectivity index (χ1) is 10.2. The lowest BCUT2D eigenvalue weighted by atomic mass is 10.1. The van der Waals surface area contributed by atoms with Crippen LogP contribution in [-0.2, 0) is 10.0 Å². The van der Waals surface area contributed by atoms with Crippen molar-refractivity contribution in [1.29, 1.82) is 0 Å². The first-order valence-corrected chi connectivity index (χ1v) is 7.82. The molecule has 0 amide bonds. The van der Waals surface area contributed by atoms with Crippen LogP contribution in [-0.4, -0.2) is 19.5 Å². The predicted molar refractivity (Wildman–Crippen MR) is 80.1 cm³/mol. The molecular formula is C15H14FNO4S. The second-order valence-corrected chi connectivity index (χ2v) is 6.45. The van der Waals surface area contributed by atoms with Crippen LogP contribution in [0.15, 0.2) is 41.3 Å². The number of sulfonamides is 1. The fraction of sp³-hybridized carbons (Fsp3) is 0.133. The summed E-state index contributed by atoms with van der Waals surface area (Å²) in [6.45, 7) is 3.01. The number of hydrogen-bond acceptors (Lipinski definition) is 3. The normalized spacial score (nSPS) is 11.2. The summed E-state index contributed by atoms with van der Waals surface area (Å²) in [6.07, 6.45) is 0. The first-order valence-electron chi connectivity index (χ1n) is 6.34. The molecule has 0 heterocycles. The molecule has 0 saturated heterocycles. The third-order valence-electron chi connectivity index (χ3n) is 3.24. The highest BCUT2D eigenvalue weighted by molar-refractivity contribution is 7.92. The molecule has 116 valence electrons. The SMILES string of the molecule is Cc1ccc(C(=O)O)cc1S(=O)(=O)Nc1cccc(F)c1C. The van der Waals surface area contributed by atoms with E-state index < -0.39 is 21.8 Å². The van der Waals surface area contributed by atoms with Gasteiger partial charge in [-0.05, 0) is 43.7 Å². The van der Waals surface area contributed by atoms with Crippen LogP contribution in [0, 0.1) is 19.7 Å². The number of hydrogen-bond donors (Lipinski definition) is 2. The van der Waals surface area contributed by atoms with Gasteiger partial charge in [-0.3, -0.25) is 4.72 Å². The molecule has 0 aromatic heterocycles. The van der Waals surface area contributed by atoms with Crippen molar-refractivity contribution >= 4 is 21.7 Å². The number of anilines is 1. The number of carbonyl (C=O) groups is 1. The zero-order valence-electron chi connectivity index (χ0n) is 11.9. The predicted octanol–water partition coefficient (Wildman–Crippen LogP) is 2.94. The summed E-state index contributed by atoms with van der Waals surface area (Å²) >= 11 is 0. The molecule has 0 radical (unpaired) electrons. The third kappa shape index (κ3) is 3.09. The van der Waals surface area contributed by atoms with Crippen LogP contribution in [0.25, 0.3) is 0 Å². The van der Waals surface area contributed by atoms with Crippen molar-refractivity contribution < 1.29 is 22.7 Å². The molecule has 2 aromatic rings. The van der Waals surface area contributed by atoms with Gasteiger partial charge in [0.1, 0.15) is 5.82 Å². The number of aryl methyl sites for hydroxylation is 1. The lowest BCUT2D eigenvalue weighted by Crippen LogP contribution is -2.16. The van der Waals surface area contributed by atoms with Gasteiger partial charge in [-0.15, -0.1) is 0 Å². The van der Waals surface area contributed by atoms with Gasteiger partial charge in [-0.25, -0.2) is 17.6 Å². The second kappa shape index (κ2) is 5.76. The molecule has 0 aliphatic rings. The van der Waals surface area contributed by atoms with E-state index in [0.29, 0.717) is 5.56 Å². The number of benzene rings is 2. The smallest absolute Gasteiger partial charge is 0.335 e. The van der Waals surface area contributed by atoms with E-state index in [1.165, 1.54) is 37.3 Å². The fourth-order valence-corrected chi connectivity index (χ4v) is 3.34. The Morgan fingerprint density at radius 1 is 1.18 bits per heavy atom. The van der Waals surface area contributed by atoms with Gasteiger partial charge < -0.3 is 5.11 Å². The Bertz CT molecular complexity index is 847. The number of rotatable bonds is 4. The molecule has 2 aromatic carbocycles. The number of halogens is 1. The molecule has 2 rings (SSSR count). The Morgan fingerprint density at radius 2 is 1.86 bits per heavy atom. The highest BCUT2D eigenvalue weighted by Gasteiger charge is 2.20. The monoisotopic (exact) mass is 323 g/mol. The molecule has 5 nitrogen and oxygen atoms in total. The van der Waals surface area contributed by atoms with E-state index in [9.17, 15) is 17.6 Å². The maximum absolute atomic E-state index is 13.5. The Morgan fingerprint density at radius 3 is 2.50 bits per heavy atom. The lowest BCUT2D eigenvalue weighted by Gasteiger charge is -2.13. The van der Waals surface area contributed by atoms with Crippen LogP contribution in [0.3, 0.4) is 0 Å². The van der Waals surface area contributed by atoms with E-state index in [4.69, 9.17) is 5.11 Å². The molecule has 7 heteroatoms. The van der Waals surface area contributed by atoms with Crippen molar-refractivity contribution in [3.63, 3.8) is 0 Å². The van der Waals surface area contributed by atoms with E-state index >= 15 is 0 Å². The molecule has 2 N–H and O–H groups in total. The summed E-state index contributed by atoms with van der Waals surface area (Å²) in [6, 6.07) is 7.87. The molecule has 22 heavy (non-hydrogen) atoms. The minimum atomic E-state index is -4.02. The lowest BCUT2D eigenvalue weighted by molar-refractivity contribution is 0.0696.